The lowest BCUT2D eigenvalue weighted by Gasteiger charge is -2.05. The lowest BCUT2D eigenvalue weighted by atomic mass is 10.1. The molecular weight excluding hydrogens is 302 g/mol. The molecule has 0 unspecified atom stereocenters. The fourth-order valence-corrected chi connectivity index (χ4v) is 3.08. The smallest absolute Gasteiger partial charge is 0.273 e. The maximum absolute atomic E-state index is 12.1. The summed E-state index contributed by atoms with van der Waals surface area (Å²) < 4.78 is 0. The zero-order chi connectivity index (χ0) is 16.3. The number of aromatic nitrogens is 1. The van der Waals surface area contributed by atoms with Crippen LogP contribution in [0.2, 0.25) is 0 Å². The molecule has 7 heteroatoms. The number of carbonyl (C=O) groups is 1. The van der Waals surface area contributed by atoms with Crippen molar-refractivity contribution in [3.05, 3.63) is 55.0 Å². The Bertz CT molecular complexity index is 725. The van der Waals surface area contributed by atoms with Gasteiger partial charge in [0.1, 0.15) is 0 Å². The molecule has 1 heterocycles. The van der Waals surface area contributed by atoms with Gasteiger partial charge in [0.15, 0.2) is 0 Å². The first-order valence-electron chi connectivity index (χ1n) is 6.84. The lowest BCUT2D eigenvalue weighted by molar-refractivity contribution is -0.385. The number of amides is 1. The molecule has 6 nitrogen and oxygen atoms in total. The van der Waals surface area contributed by atoms with Crippen molar-refractivity contribution < 1.29 is 9.72 Å². The van der Waals surface area contributed by atoms with Gasteiger partial charge in [-0.15, -0.1) is 11.3 Å². The number of thiazole rings is 1. The van der Waals surface area contributed by atoms with Crippen LogP contribution in [0.4, 0.5) is 5.69 Å². The van der Waals surface area contributed by atoms with Crippen LogP contribution in [-0.4, -0.2) is 22.4 Å². The number of carbonyl (C=O) groups excluding carboxylic acids is 1. The number of hydrogen-bond acceptors (Lipinski definition) is 5. The molecule has 22 heavy (non-hydrogen) atoms. The molecule has 0 radical (unpaired) electrons. The van der Waals surface area contributed by atoms with E-state index in [9.17, 15) is 14.9 Å². The molecule has 0 aliphatic rings. The highest BCUT2D eigenvalue weighted by Crippen LogP contribution is 2.19. The zero-order valence-corrected chi connectivity index (χ0v) is 13.5. The van der Waals surface area contributed by atoms with Crippen molar-refractivity contribution >= 4 is 22.9 Å². The average Bonchev–Trinajstić information content (AvgIpc) is 2.77. The Morgan fingerprint density at radius 3 is 2.68 bits per heavy atom. The van der Waals surface area contributed by atoms with Crippen LogP contribution in [0.25, 0.3) is 0 Å². The molecule has 0 fully saturated rings. The van der Waals surface area contributed by atoms with E-state index in [0.29, 0.717) is 24.1 Å². The first-order valence-corrected chi connectivity index (χ1v) is 7.66. The second-order valence-corrected chi connectivity index (χ2v) is 6.29. The summed E-state index contributed by atoms with van der Waals surface area (Å²) in [5.74, 6) is -0.304. The Balaban J connectivity index is 1.99. The van der Waals surface area contributed by atoms with Crippen LogP contribution in [0, 0.1) is 30.9 Å². The third kappa shape index (κ3) is 3.67. The molecule has 1 aromatic carbocycles. The van der Waals surface area contributed by atoms with E-state index in [1.807, 2.05) is 13.8 Å². The first kappa shape index (κ1) is 16.1. The average molecular weight is 319 g/mol. The van der Waals surface area contributed by atoms with E-state index >= 15 is 0 Å². The zero-order valence-electron chi connectivity index (χ0n) is 12.7. The van der Waals surface area contributed by atoms with Crippen LogP contribution < -0.4 is 5.32 Å². The molecule has 0 bridgehead atoms. The van der Waals surface area contributed by atoms with E-state index in [0.717, 1.165) is 15.6 Å². The van der Waals surface area contributed by atoms with Gasteiger partial charge in [-0.25, -0.2) is 4.98 Å². The summed E-state index contributed by atoms with van der Waals surface area (Å²) >= 11 is 1.62. The Morgan fingerprint density at radius 2 is 2.09 bits per heavy atom. The predicted molar refractivity (Wildman–Crippen MR) is 85.5 cm³/mol. The Morgan fingerprint density at radius 1 is 1.36 bits per heavy atom. The summed E-state index contributed by atoms with van der Waals surface area (Å²) in [6, 6.07) is 4.50. The van der Waals surface area contributed by atoms with Gasteiger partial charge in [-0.1, -0.05) is 6.07 Å². The molecule has 0 aliphatic heterocycles. The Hall–Kier alpha value is -2.28. The van der Waals surface area contributed by atoms with Gasteiger partial charge in [-0.3, -0.25) is 14.9 Å². The predicted octanol–water partition coefficient (Wildman–Crippen LogP) is 2.95. The van der Waals surface area contributed by atoms with Crippen molar-refractivity contribution in [3.8, 4) is 0 Å². The molecule has 1 aromatic heterocycles. The lowest BCUT2D eigenvalue weighted by Crippen LogP contribution is -2.25. The molecule has 1 N–H and O–H groups in total. The molecule has 1 amide bonds. The van der Waals surface area contributed by atoms with Crippen molar-refractivity contribution in [2.45, 2.75) is 27.2 Å². The van der Waals surface area contributed by atoms with Crippen LogP contribution in [0.3, 0.4) is 0 Å². The van der Waals surface area contributed by atoms with Crippen LogP contribution in [0.5, 0.6) is 0 Å². The van der Waals surface area contributed by atoms with Crippen LogP contribution in [-0.2, 0) is 6.42 Å². The standard InChI is InChI=1S/C15H17N3O3S/c1-9-4-5-12(8-13(9)18(20)21)15(19)16-7-6-14-10(2)17-11(3)22-14/h4-5,8H,6-7H2,1-3H3,(H,16,19). The van der Waals surface area contributed by atoms with Crippen molar-refractivity contribution in [1.82, 2.24) is 10.3 Å². The number of aryl methyl sites for hydroxylation is 3. The van der Waals surface area contributed by atoms with Gasteiger partial charge in [0.2, 0.25) is 0 Å². The number of nitro groups is 1. The van der Waals surface area contributed by atoms with Gasteiger partial charge in [0.05, 0.1) is 15.6 Å². The number of rotatable bonds is 5. The van der Waals surface area contributed by atoms with Crippen LogP contribution in [0.1, 0.15) is 31.5 Å². The SMILES string of the molecule is Cc1nc(C)c(CCNC(=O)c2ccc(C)c([N+](=O)[O-])c2)s1. The minimum atomic E-state index is -0.477. The Labute approximate surface area is 132 Å². The van der Waals surface area contributed by atoms with Crippen molar-refractivity contribution in [1.29, 1.82) is 0 Å². The molecule has 2 rings (SSSR count). The Kier molecular flexibility index (Phi) is 4.87. The maximum atomic E-state index is 12.1. The largest absolute Gasteiger partial charge is 0.352 e. The van der Waals surface area contributed by atoms with Crippen molar-refractivity contribution in [2.75, 3.05) is 6.54 Å². The van der Waals surface area contributed by atoms with E-state index in [2.05, 4.69) is 10.3 Å². The molecular formula is C15H17N3O3S. The van der Waals surface area contributed by atoms with Gasteiger partial charge < -0.3 is 5.32 Å². The summed E-state index contributed by atoms with van der Waals surface area (Å²) in [7, 11) is 0. The number of nitro benzene ring substituents is 1. The number of nitrogens with one attached hydrogen (secondary N) is 1. The number of benzene rings is 1. The number of hydrogen-bond donors (Lipinski definition) is 1. The third-order valence-electron chi connectivity index (χ3n) is 3.31. The monoisotopic (exact) mass is 319 g/mol. The summed E-state index contributed by atoms with van der Waals surface area (Å²) in [5.41, 5.74) is 1.79. The highest BCUT2D eigenvalue weighted by atomic mass is 32.1. The molecule has 0 spiro atoms. The van der Waals surface area contributed by atoms with E-state index in [4.69, 9.17) is 0 Å². The molecule has 116 valence electrons. The summed E-state index contributed by atoms with van der Waals surface area (Å²) in [5, 5.41) is 14.7. The minimum absolute atomic E-state index is 0.0402. The maximum Gasteiger partial charge on any atom is 0.273 e. The van der Waals surface area contributed by atoms with Crippen molar-refractivity contribution in [2.24, 2.45) is 0 Å². The van der Waals surface area contributed by atoms with E-state index in [1.54, 1.807) is 30.4 Å². The highest BCUT2D eigenvalue weighted by Gasteiger charge is 2.15. The molecule has 0 aliphatic carbocycles. The fraction of sp³-hybridized carbons (Fsp3) is 0.333. The molecule has 2 aromatic rings. The summed E-state index contributed by atoms with van der Waals surface area (Å²) in [6.45, 7) is 6.02. The second-order valence-electron chi connectivity index (χ2n) is 5.01. The quantitative estimate of drug-likeness (QED) is 0.678. The number of nitrogens with zero attached hydrogens (tertiary/aromatic N) is 2. The van der Waals surface area contributed by atoms with E-state index in [1.165, 1.54) is 6.07 Å². The molecule has 0 saturated heterocycles. The second kappa shape index (κ2) is 6.65. The van der Waals surface area contributed by atoms with Crippen molar-refractivity contribution in [3.63, 3.8) is 0 Å². The summed E-state index contributed by atoms with van der Waals surface area (Å²) in [4.78, 5) is 28.0. The van der Waals surface area contributed by atoms with Gasteiger partial charge in [-0.05, 0) is 26.8 Å². The third-order valence-corrected chi connectivity index (χ3v) is 4.44. The van der Waals surface area contributed by atoms with Crippen LogP contribution in [0.15, 0.2) is 18.2 Å². The molecule has 0 atom stereocenters. The van der Waals surface area contributed by atoms with E-state index < -0.39 is 4.92 Å². The highest BCUT2D eigenvalue weighted by molar-refractivity contribution is 7.11. The summed E-state index contributed by atoms with van der Waals surface area (Å²) in [6.07, 6.45) is 0.705. The minimum Gasteiger partial charge on any atom is -0.352 e. The van der Waals surface area contributed by atoms with Gasteiger partial charge in [0, 0.05) is 35.0 Å². The van der Waals surface area contributed by atoms with Gasteiger partial charge in [0.25, 0.3) is 11.6 Å². The molecule has 0 saturated carbocycles. The van der Waals surface area contributed by atoms with E-state index in [-0.39, 0.29) is 11.6 Å². The van der Waals surface area contributed by atoms with Crippen LogP contribution >= 0.6 is 11.3 Å². The van der Waals surface area contributed by atoms with Gasteiger partial charge >= 0.3 is 0 Å². The van der Waals surface area contributed by atoms with Gasteiger partial charge in [-0.2, -0.15) is 0 Å². The fourth-order valence-electron chi connectivity index (χ4n) is 2.14. The normalized spacial score (nSPS) is 10.5. The topological polar surface area (TPSA) is 85.1 Å². The first-order chi connectivity index (χ1) is 10.4.